The van der Waals surface area contributed by atoms with Gasteiger partial charge in [0.1, 0.15) is 0 Å². The molecular weight excluding hydrogens is 202 g/mol. The lowest BCUT2D eigenvalue weighted by Crippen LogP contribution is -2.25. The molecule has 0 fully saturated rings. The molecule has 0 heterocycles. The number of rotatable bonds is 10. The van der Waals surface area contributed by atoms with Crippen molar-refractivity contribution in [2.45, 2.75) is 71.3 Å². The average molecular weight is 229 g/mol. The van der Waals surface area contributed by atoms with Crippen LogP contribution < -0.4 is 5.32 Å². The van der Waals surface area contributed by atoms with Crippen LogP contribution in [0.15, 0.2) is 0 Å². The maximum absolute atomic E-state index is 11.3. The third kappa shape index (κ3) is 9.97. The predicted octanol–water partition coefficient (Wildman–Crippen LogP) is 2.62. The van der Waals surface area contributed by atoms with Crippen LogP contribution in [0.1, 0.15) is 65.2 Å². The van der Waals surface area contributed by atoms with Gasteiger partial charge in [0.25, 0.3) is 0 Å². The summed E-state index contributed by atoms with van der Waals surface area (Å²) in [4.78, 5) is 11.3. The normalized spacial score (nSPS) is 12.4. The Labute approximate surface area is 99.6 Å². The first-order valence-corrected chi connectivity index (χ1v) is 6.65. The van der Waals surface area contributed by atoms with Crippen LogP contribution in [0.25, 0.3) is 0 Å². The van der Waals surface area contributed by atoms with Crippen LogP contribution in [-0.2, 0) is 4.79 Å². The molecule has 1 atom stereocenters. The van der Waals surface area contributed by atoms with E-state index in [-0.39, 0.29) is 12.0 Å². The fourth-order valence-corrected chi connectivity index (χ4v) is 1.60. The summed E-state index contributed by atoms with van der Waals surface area (Å²) < 4.78 is 0. The van der Waals surface area contributed by atoms with Gasteiger partial charge in [-0.2, -0.15) is 0 Å². The van der Waals surface area contributed by atoms with E-state index in [9.17, 15) is 9.90 Å². The second-order valence-electron chi connectivity index (χ2n) is 4.39. The number of unbranched alkanes of at least 4 members (excludes halogenated alkanes) is 3. The van der Waals surface area contributed by atoms with Crippen molar-refractivity contribution >= 4 is 5.91 Å². The van der Waals surface area contributed by atoms with Crippen molar-refractivity contribution in [3.05, 3.63) is 0 Å². The Kier molecular flexibility index (Phi) is 10.5. The summed E-state index contributed by atoms with van der Waals surface area (Å²) in [6.45, 7) is 4.95. The molecule has 0 aliphatic carbocycles. The molecule has 0 aromatic carbocycles. The monoisotopic (exact) mass is 229 g/mol. The van der Waals surface area contributed by atoms with Gasteiger partial charge in [0.15, 0.2) is 0 Å². The minimum absolute atomic E-state index is 0.0643. The molecule has 0 saturated heterocycles. The number of aliphatic hydroxyl groups excluding tert-OH is 1. The molecule has 1 amide bonds. The summed E-state index contributed by atoms with van der Waals surface area (Å²) >= 11 is 0. The Bertz CT molecular complexity index is 171. The van der Waals surface area contributed by atoms with E-state index in [0.29, 0.717) is 12.8 Å². The number of nitrogens with one attached hydrogen (secondary N) is 1. The van der Waals surface area contributed by atoms with Crippen LogP contribution >= 0.6 is 0 Å². The molecule has 0 radical (unpaired) electrons. The number of aliphatic hydroxyl groups is 1. The first kappa shape index (κ1) is 15.4. The molecule has 16 heavy (non-hydrogen) atoms. The van der Waals surface area contributed by atoms with Crippen molar-refractivity contribution in [2.75, 3.05) is 6.54 Å². The Morgan fingerprint density at radius 3 is 2.50 bits per heavy atom. The van der Waals surface area contributed by atoms with Gasteiger partial charge < -0.3 is 10.4 Å². The molecule has 0 saturated carbocycles. The highest BCUT2D eigenvalue weighted by Gasteiger charge is 2.07. The van der Waals surface area contributed by atoms with Crippen LogP contribution in [0.4, 0.5) is 0 Å². The molecule has 0 aliphatic rings. The van der Waals surface area contributed by atoms with Gasteiger partial charge in [0.2, 0.25) is 5.91 Å². The third-order valence-corrected chi connectivity index (χ3v) is 2.67. The lowest BCUT2D eigenvalue weighted by molar-refractivity contribution is -0.121. The zero-order valence-electron chi connectivity index (χ0n) is 10.8. The zero-order chi connectivity index (χ0) is 12.2. The molecule has 3 nitrogen and oxygen atoms in total. The summed E-state index contributed by atoms with van der Waals surface area (Å²) in [6.07, 6.45) is 7.27. The van der Waals surface area contributed by atoms with Crippen molar-refractivity contribution in [3.63, 3.8) is 0 Å². The van der Waals surface area contributed by atoms with E-state index in [0.717, 1.165) is 25.8 Å². The number of carbonyl (C=O) groups is 1. The van der Waals surface area contributed by atoms with Gasteiger partial charge in [0.05, 0.1) is 6.10 Å². The molecule has 1 unspecified atom stereocenters. The van der Waals surface area contributed by atoms with Crippen LogP contribution in [0.5, 0.6) is 0 Å². The van der Waals surface area contributed by atoms with E-state index < -0.39 is 0 Å². The Balaban J connectivity index is 3.34. The first-order chi connectivity index (χ1) is 7.70. The smallest absolute Gasteiger partial charge is 0.220 e. The maximum Gasteiger partial charge on any atom is 0.220 e. The summed E-state index contributed by atoms with van der Waals surface area (Å²) in [5.41, 5.74) is 0. The highest BCUT2D eigenvalue weighted by molar-refractivity contribution is 5.75. The van der Waals surface area contributed by atoms with Gasteiger partial charge in [-0.25, -0.2) is 0 Å². The minimum atomic E-state index is -0.302. The summed E-state index contributed by atoms with van der Waals surface area (Å²) in [6, 6.07) is 0. The van der Waals surface area contributed by atoms with Gasteiger partial charge in [-0.1, -0.05) is 39.5 Å². The summed E-state index contributed by atoms with van der Waals surface area (Å²) in [5, 5.41) is 12.5. The lowest BCUT2D eigenvalue weighted by Gasteiger charge is -2.10. The molecule has 0 spiro atoms. The second kappa shape index (κ2) is 10.9. The topological polar surface area (TPSA) is 49.3 Å². The highest BCUT2D eigenvalue weighted by Crippen LogP contribution is 2.09. The molecule has 0 aromatic heterocycles. The van der Waals surface area contributed by atoms with E-state index in [1.807, 2.05) is 6.92 Å². The second-order valence-corrected chi connectivity index (χ2v) is 4.39. The van der Waals surface area contributed by atoms with Crippen LogP contribution in [0, 0.1) is 0 Å². The van der Waals surface area contributed by atoms with Gasteiger partial charge >= 0.3 is 0 Å². The van der Waals surface area contributed by atoms with Crippen LogP contribution in [0.3, 0.4) is 0 Å². The lowest BCUT2D eigenvalue weighted by atomic mass is 10.1. The number of carbonyl (C=O) groups excluding carboxylic acids is 1. The van der Waals surface area contributed by atoms with E-state index in [2.05, 4.69) is 12.2 Å². The van der Waals surface area contributed by atoms with Crippen molar-refractivity contribution in [1.82, 2.24) is 5.32 Å². The van der Waals surface area contributed by atoms with Gasteiger partial charge in [-0.3, -0.25) is 4.79 Å². The molecular formula is C13H27NO2. The quantitative estimate of drug-likeness (QED) is 0.566. The Morgan fingerprint density at radius 1 is 1.12 bits per heavy atom. The standard InChI is InChI=1S/C13H27NO2/c1-3-5-6-7-8-12(15)9-10-13(16)14-11-4-2/h12,15H,3-11H2,1-2H3,(H,14,16). The Morgan fingerprint density at radius 2 is 1.88 bits per heavy atom. The van der Waals surface area contributed by atoms with Crippen molar-refractivity contribution in [3.8, 4) is 0 Å². The van der Waals surface area contributed by atoms with Gasteiger partial charge in [0, 0.05) is 13.0 Å². The minimum Gasteiger partial charge on any atom is -0.393 e. The van der Waals surface area contributed by atoms with Crippen LogP contribution in [-0.4, -0.2) is 23.7 Å². The van der Waals surface area contributed by atoms with Crippen molar-refractivity contribution < 1.29 is 9.90 Å². The average Bonchev–Trinajstić information content (AvgIpc) is 2.29. The molecule has 3 heteroatoms. The predicted molar refractivity (Wildman–Crippen MR) is 67.3 cm³/mol. The summed E-state index contributed by atoms with van der Waals surface area (Å²) in [5.74, 6) is 0.0643. The fourth-order valence-electron chi connectivity index (χ4n) is 1.60. The van der Waals surface area contributed by atoms with E-state index in [1.54, 1.807) is 0 Å². The maximum atomic E-state index is 11.3. The fraction of sp³-hybridized carbons (Fsp3) is 0.923. The van der Waals surface area contributed by atoms with E-state index in [4.69, 9.17) is 0 Å². The summed E-state index contributed by atoms with van der Waals surface area (Å²) in [7, 11) is 0. The molecule has 0 aromatic rings. The first-order valence-electron chi connectivity index (χ1n) is 6.65. The molecule has 0 bridgehead atoms. The number of hydrogen-bond donors (Lipinski definition) is 2. The van der Waals surface area contributed by atoms with Crippen molar-refractivity contribution in [2.24, 2.45) is 0 Å². The highest BCUT2D eigenvalue weighted by atomic mass is 16.3. The van der Waals surface area contributed by atoms with E-state index in [1.165, 1.54) is 19.3 Å². The molecule has 96 valence electrons. The van der Waals surface area contributed by atoms with Crippen LogP contribution in [0.2, 0.25) is 0 Å². The van der Waals surface area contributed by atoms with Gasteiger partial charge in [-0.15, -0.1) is 0 Å². The van der Waals surface area contributed by atoms with E-state index >= 15 is 0 Å². The third-order valence-electron chi connectivity index (χ3n) is 2.67. The zero-order valence-corrected chi connectivity index (χ0v) is 10.8. The Hall–Kier alpha value is -0.570. The molecule has 0 rings (SSSR count). The number of amides is 1. The number of hydrogen-bond acceptors (Lipinski definition) is 2. The van der Waals surface area contributed by atoms with Gasteiger partial charge in [-0.05, 0) is 19.3 Å². The molecule has 2 N–H and O–H groups in total. The SMILES string of the molecule is CCCCCCC(O)CCC(=O)NCCC. The largest absolute Gasteiger partial charge is 0.393 e. The molecule has 0 aliphatic heterocycles. The van der Waals surface area contributed by atoms with Crippen molar-refractivity contribution in [1.29, 1.82) is 0 Å².